The molecule has 0 spiro atoms. The largest absolute Gasteiger partial charge is 0.313 e. The summed E-state index contributed by atoms with van der Waals surface area (Å²) in [5, 5.41) is 5.37. The highest BCUT2D eigenvalue weighted by atomic mass is 32.1. The van der Waals surface area contributed by atoms with Crippen LogP contribution in [-0.2, 0) is 12.5 Å². The van der Waals surface area contributed by atoms with Gasteiger partial charge < -0.3 is 4.57 Å². The molecule has 0 saturated carbocycles. The second-order valence-corrected chi connectivity index (χ2v) is 7.23. The minimum Gasteiger partial charge on any atom is -0.313 e. The van der Waals surface area contributed by atoms with Gasteiger partial charge in [0.25, 0.3) is 5.91 Å². The molecule has 23 heavy (non-hydrogen) atoms. The number of rotatable bonds is 2. The Hall–Kier alpha value is -2.28. The van der Waals surface area contributed by atoms with E-state index in [2.05, 4.69) is 15.3 Å². The van der Waals surface area contributed by atoms with Gasteiger partial charge >= 0.3 is 0 Å². The molecule has 3 rings (SSSR count). The van der Waals surface area contributed by atoms with E-state index in [1.54, 1.807) is 23.1 Å². The number of fused-ring (bicyclic) bond motifs is 1. The first-order chi connectivity index (χ1) is 10.8. The highest BCUT2D eigenvalue weighted by Gasteiger charge is 2.21. The summed E-state index contributed by atoms with van der Waals surface area (Å²) >= 11 is 1.46. The van der Waals surface area contributed by atoms with Crippen molar-refractivity contribution < 1.29 is 9.18 Å². The van der Waals surface area contributed by atoms with E-state index in [1.165, 1.54) is 23.5 Å². The number of aryl methyl sites for hydroxylation is 1. The summed E-state index contributed by atoms with van der Waals surface area (Å²) in [5.41, 5.74) is 1.50. The molecule has 2 aromatic heterocycles. The van der Waals surface area contributed by atoms with Crippen molar-refractivity contribution in [2.75, 3.05) is 5.32 Å². The van der Waals surface area contributed by atoms with Crippen LogP contribution in [0.2, 0.25) is 0 Å². The third kappa shape index (κ3) is 2.96. The number of thiazole rings is 1. The first-order valence-corrected chi connectivity index (χ1v) is 8.03. The summed E-state index contributed by atoms with van der Waals surface area (Å²) in [4.78, 5) is 21.0. The maximum atomic E-state index is 13.3. The average molecular weight is 332 g/mol. The van der Waals surface area contributed by atoms with E-state index in [-0.39, 0.29) is 17.1 Å². The minimum atomic E-state index is -0.359. The molecular weight excluding hydrogens is 315 g/mol. The molecule has 5 nitrogen and oxygen atoms in total. The van der Waals surface area contributed by atoms with Crippen molar-refractivity contribution in [1.29, 1.82) is 0 Å². The third-order valence-corrected chi connectivity index (χ3v) is 4.71. The molecule has 0 saturated heterocycles. The Balaban J connectivity index is 1.88. The molecule has 7 heteroatoms. The number of halogens is 1. The Bertz CT molecular complexity index is 891. The first-order valence-electron chi connectivity index (χ1n) is 7.15. The maximum absolute atomic E-state index is 13.3. The fourth-order valence-electron chi connectivity index (χ4n) is 2.17. The van der Waals surface area contributed by atoms with E-state index in [1.807, 2.05) is 20.8 Å². The number of benzene rings is 1. The van der Waals surface area contributed by atoms with Crippen molar-refractivity contribution >= 4 is 34.2 Å². The monoisotopic (exact) mass is 332 g/mol. The topological polar surface area (TPSA) is 59.8 Å². The summed E-state index contributed by atoms with van der Waals surface area (Å²) in [6, 6.07) is 4.34. The lowest BCUT2D eigenvalue weighted by Gasteiger charge is -2.13. The molecule has 0 aliphatic heterocycles. The Morgan fingerprint density at radius 2 is 2.04 bits per heavy atom. The van der Waals surface area contributed by atoms with Gasteiger partial charge in [0.2, 0.25) is 5.95 Å². The van der Waals surface area contributed by atoms with E-state index < -0.39 is 0 Å². The summed E-state index contributed by atoms with van der Waals surface area (Å²) < 4.78 is 15.0. The number of anilines is 1. The van der Waals surface area contributed by atoms with Crippen molar-refractivity contribution in [2.24, 2.45) is 7.05 Å². The number of imidazole rings is 1. The van der Waals surface area contributed by atoms with E-state index in [0.717, 1.165) is 10.5 Å². The Kier molecular flexibility index (Phi) is 3.68. The van der Waals surface area contributed by atoms with E-state index in [4.69, 9.17) is 0 Å². The van der Waals surface area contributed by atoms with Crippen LogP contribution in [0.4, 0.5) is 10.3 Å². The second-order valence-electron chi connectivity index (χ2n) is 6.37. The zero-order chi connectivity index (χ0) is 16.8. The molecule has 1 amide bonds. The van der Waals surface area contributed by atoms with Crippen LogP contribution in [-0.4, -0.2) is 20.4 Å². The Morgan fingerprint density at radius 1 is 1.30 bits per heavy atom. The molecular formula is C16H17FN4OS. The maximum Gasteiger partial charge on any atom is 0.277 e. The first kappa shape index (κ1) is 15.6. The standard InChI is InChI=1S/C16H17FN4OS/c1-16(2,3)14-18-11(8-23-14)13(22)20-15-19-10-7-9(17)5-6-12(10)21(15)4/h5-8H,1-4H3,(H,19,20,22). The van der Waals surface area contributed by atoms with Crippen molar-refractivity contribution in [2.45, 2.75) is 26.2 Å². The zero-order valence-electron chi connectivity index (χ0n) is 13.3. The lowest BCUT2D eigenvalue weighted by molar-refractivity contribution is 0.102. The number of hydrogen-bond acceptors (Lipinski definition) is 4. The van der Waals surface area contributed by atoms with Crippen LogP contribution in [0, 0.1) is 5.82 Å². The summed E-state index contributed by atoms with van der Waals surface area (Å²) in [5.74, 6) is -0.320. The van der Waals surface area contributed by atoms with E-state index in [0.29, 0.717) is 17.2 Å². The van der Waals surface area contributed by atoms with Gasteiger partial charge in [0.05, 0.1) is 16.0 Å². The average Bonchev–Trinajstić information content (AvgIpc) is 3.05. The van der Waals surface area contributed by atoms with Crippen LogP contribution in [0.25, 0.3) is 11.0 Å². The Morgan fingerprint density at radius 3 is 2.70 bits per heavy atom. The molecule has 2 heterocycles. The molecule has 1 aromatic carbocycles. The van der Waals surface area contributed by atoms with Crippen molar-refractivity contribution in [1.82, 2.24) is 14.5 Å². The van der Waals surface area contributed by atoms with Crippen LogP contribution in [0.5, 0.6) is 0 Å². The molecule has 0 atom stereocenters. The number of hydrogen-bond donors (Lipinski definition) is 1. The SMILES string of the molecule is Cn1c(NC(=O)c2csc(C(C)(C)C)n2)nc2cc(F)ccc21. The number of carbonyl (C=O) groups excluding carboxylic acids is 1. The second kappa shape index (κ2) is 5.42. The van der Waals surface area contributed by atoms with Crippen molar-refractivity contribution in [3.63, 3.8) is 0 Å². The molecule has 0 aliphatic carbocycles. The number of nitrogens with one attached hydrogen (secondary N) is 1. The molecule has 0 fully saturated rings. The number of carbonyl (C=O) groups is 1. The van der Waals surface area contributed by atoms with E-state index >= 15 is 0 Å². The van der Waals surface area contributed by atoms with Crippen LogP contribution in [0.1, 0.15) is 36.3 Å². The Labute approximate surface area is 137 Å². The summed E-state index contributed by atoms with van der Waals surface area (Å²) in [6.07, 6.45) is 0. The summed E-state index contributed by atoms with van der Waals surface area (Å²) in [7, 11) is 1.77. The highest BCUT2D eigenvalue weighted by molar-refractivity contribution is 7.10. The molecule has 0 aliphatic rings. The predicted octanol–water partition coefficient (Wildman–Crippen LogP) is 3.72. The molecule has 1 N–H and O–H groups in total. The normalized spacial score (nSPS) is 11.9. The van der Waals surface area contributed by atoms with Gasteiger partial charge in [0, 0.05) is 23.9 Å². The van der Waals surface area contributed by atoms with Gasteiger partial charge in [-0.15, -0.1) is 11.3 Å². The van der Waals surface area contributed by atoms with Gasteiger partial charge in [-0.25, -0.2) is 14.4 Å². The molecule has 3 aromatic rings. The number of aromatic nitrogens is 3. The van der Waals surface area contributed by atoms with Crippen LogP contribution in [0.3, 0.4) is 0 Å². The third-order valence-electron chi connectivity index (χ3n) is 3.45. The van der Waals surface area contributed by atoms with Crippen LogP contribution in [0.15, 0.2) is 23.6 Å². The number of amides is 1. The molecule has 0 bridgehead atoms. The fraction of sp³-hybridized carbons (Fsp3) is 0.312. The minimum absolute atomic E-state index is 0.0986. The number of nitrogens with zero attached hydrogens (tertiary/aromatic N) is 3. The quantitative estimate of drug-likeness (QED) is 0.778. The highest BCUT2D eigenvalue weighted by Crippen LogP contribution is 2.26. The van der Waals surface area contributed by atoms with Gasteiger partial charge in [0.15, 0.2) is 0 Å². The van der Waals surface area contributed by atoms with E-state index in [9.17, 15) is 9.18 Å². The zero-order valence-corrected chi connectivity index (χ0v) is 14.2. The van der Waals surface area contributed by atoms with Gasteiger partial charge in [-0.05, 0) is 12.1 Å². The van der Waals surface area contributed by atoms with Gasteiger partial charge in [0.1, 0.15) is 11.5 Å². The van der Waals surface area contributed by atoms with Crippen LogP contribution < -0.4 is 5.32 Å². The van der Waals surface area contributed by atoms with Crippen molar-refractivity contribution in [3.8, 4) is 0 Å². The predicted molar refractivity (Wildman–Crippen MR) is 89.4 cm³/mol. The van der Waals surface area contributed by atoms with Crippen molar-refractivity contribution in [3.05, 3.63) is 40.1 Å². The molecule has 120 valence electrons. The van der Waals surface area contributed by atoms with Gasteiger partial charge in [-0.3, -0.25) is 10.1 Å². The lowest BCUT2D eigenvalue weighted by Crippen LogP contribution is -2.17. The van der Waals surface area contributed by atoms with Gasteiger partial charge in [-0.1, -0.05) is 20.8 Å². The summed E-state index contributed by atoms with van der Waals surface area (Å²) in [6.45, 7) is 6.15. The smallest absolute Gasteiger partial charge is 0.277 e. The fourth-order valence-corrected chi connectivity index (χ4v) is 3.06. The molecule has 0 unspecified atom stereocenters. The molecule has 0 radical (unpaired) electrons. The van der Waals surface area contributed by atoms with Crippen LogP contribution >= 0.6 is 11.3 Å². The van der Waals surface area contributed by atoms with Gasteiger partial charge in [-0.2, -0.15) is 0 Å². The lowest BCUT2D eigenvalue weighted by atomic mass is 9.98.